The molecular formula is C21H28N4O4S. The number of anilines is 2. The Hall–Kier alpha value is -2.22. The quantitative estimate of drug-likeness (QED) is 0.312. The Morgan fingerprint density at radius 3 is 2.77 bits per heavy atom. The van der Waals surface area contributed by atoms with Crippen molar-refractivity contribution in [2.45, 2.75) is 38.5 Å². The number of nitrogens with one attached hydrogen (secondary N) is 2. The molecule has 3 rings (SSSR count). The van der Waals surface area contributed by atoms with Crippen LogP contribution in [0.2, 0.25) is 0 Å². The Bertz CT molecular complexity index is 881. The summed E-state index contributed by atoms with van der Waals surface area (Å²) < 4.78 is 5.34. The van der Waals surface area contributed by atoms with Gasteiger partial charge >= 0.3 is 0 Å². The predicted molar refractivity (Wildman–Crippen MR) is 117 cm³/mol. The zero-order valence-corrected chi connectivity index (χ0v) is 17.9. The molecule has 8 nitrogen and oxygen atoms in total. The molecule has 5 N–H and O–H groups in total. The fourth-order valence-corrected chi connectivity index (χ4v) is 3.97. The third kappa shape index (κ3) is 5.47. The van der Waals surface area contributed by atoms with Crippen molar-refractivity contribution in [2.75, 3.05) is 37.0 Å². The summed E-state index contributed by atoms with van der Waals surface area (Å²) in [6.07, 6.45) is -1.57. The van der Waals surface area contributed by atoms with Crippen LogP contribution in [0.25, 0.3) is 0 Å². The third-order valence-electron chi connectivity index (χ3n) is 5.04. The number of aliphatic hydroxyl groups excluding tert-OH is 3. The van der Waals surface area contributed by atoms with E-state index in [2.05, 4.69) is 32.4 Å². The molecule has 9 heteroatoms. The van der Waals surface area contributed by atoms with Crippen molar-refractivity contribution in [1.29, 1.82) is 0 Å². The van der Waals surface area contributed by atoms with Crippen molar-refractivity contribution in [3.8, 4) is 11.8 Å². The Morgan fingerprint density at radius 2 is 2.10 bits per heavy atom. The van der Waals surface area contributed by atoms with Gasteiger partial charge in [-0.2, -0.15) is 16.3 Å². The minimum Gasteiger partial charge on any atom is -0.396 e. The number of aromatic nitrogens is 2. The third-order valence-corrected chi connectivity index (χ3v) is 5.72. The Labute approximate surface area is 180 Å². The minimum absolute atomic E-state index is 0.186. The number of hydrogen-bond donors (Lipinski definition) is 5. The molecule has 0 aliphatic heterocycles. The lowest BCUT2D eigenvalue weighted by Crippen LogP contribution is -2.36. The molecule has 0 unspecified atom stereocenters. The summed E-state index contributed by atoms with van der Waals surface area (Å²) in [5.74, 6) is 6.78. The number of aliphatic hydroxyl groups is 3. The van der Waals surface area contributed by atoms with Crippen LogP contribution in [0.4, 0.5) is 11.8 Å². The van der Waals surface area contributed by atoms with E-state index in [1.54, 1.807) is 11.3 Å². The van der Waals surface area contributed by atoms with Gasteiger partial charge in [0.25, 0.3) is 0 Å². The Kier molecular flexibility index (Phi) is 8.01. The maximum absolute atomic E-state index is 10.4. The van der Waals surface area contributed by atoms with Gasteiger partial charge < -0.3 is 30.7 Å². The second kappa shape index (κ2) is 10.7. The number of ether oxygens (including phenoxy) is 1. The fraction of sp³-hybridized carbons (Fsp3) is 0.524. The van der Waals surface area contributed by atoms with Gasteiger partial charge in [-0.15, -0.1) is 0 Å². The molecule has 30 heavy (non-hydrogen) atoms. The average molecular weight is 433 g/mol. The fourth-order valence-electron chi connectivity index (χ4n) is 3.38. The van der Waals surface area contributed by atoms with Crippen LogP contribution in [0.3, 0.4) is 0 Å². The van der Waals surface area contributed by atoms with Gasteiger partial charge in [0, 0.05) is 36.6 Å². The summed E-state index contributed by atoms with van der Waals surface area (Å²) >= 11 is 1.57. The number of aryl methyl sites for hydroxylation is 1. The highest BCUT2D eigenvalue weighted by atomic mass is 32.1. The van der Waals surface area contributed by atoms with Crippen molar-refractivity contribution in [3.05, 3.63) is 33.6 Å². The summed E-state index contributed by atoms with van der Waals surface area (Å²) in [5, 5.41) is 40.3. The van der Waals surface area contributed by atoms with E-state index in [0.717, 1.165) is 5.56 Å². The van der Waals surface area contributed by atoms with E-state index in [1.165, 1.54) is 0 Å². The van der Waals surface area contributed by atoms with Gasteiger partial charge in [-0.05, 0) is 31.7 Å². The van der Waals surface area contributed by atoms with Crippen molar-refractivity contribution in [3.63, 3.8) is 0 Å². The minimum atomic E-state index is -1.01. The zero-order chi connectivity index (χ0) is 21.5. The molecule has 2 heterocycles. The van der Waals surface area contributed by atoms with Crippen molar-refractivity contribution < 1.29 is 20.1 Å². The number of thiophene rings is 1. The Balaban J connectivity index is 1.87. The normalized spacial score (nSPS) is 23.1. The van der Waals surface area contributed by atoms with Crippen molar-refractivity contribution in [1.82, 2.24) is 9.97 Å². The van der Waals surface area contributed by atoms with Crippen LogP contribution >= 0.6 is 11.3 Å². The predicted octanol–water partition coefficient (Wildman–Crippen LogP) is 1.21. The summed E-state index contributed by atoms with van der Waals surface area (Å²) in [6, 6.07) is 1.48. The largest absolute Gasteiger partial charge is 0.396 e. The molecule has 0 spiro atoms. The summed E-state index contributed by atoms with van der Waals surface area (Å²) in [7, 11) is 0. The zero-order valence-electron chi connectivity index (χ0n) is 17.1. The average Bonchev–Trinajstić information content (AvgIpc) is 3.34. The summed E-state index contributed by atoms with van der Waals surface area (Å²) in [6.45, 7) is 5.34. The molecule has 162 valence electrons. The van der Waals surface area contributed by atoms with E-state index < -0.39 is 18.2 Å². The first-order valence-corrected chi connectivity index (χ1v) is 11.0. The van der Waals surface area contributed by atoms with E-state index in [1.807, 2.05) is 30.7 Å². The first-order valence-electron chi connectivity index (χ1n) is 10.0. The van der Waals surface area contributed by atoms with E-state index in [0.29, 0.717) is 49.2 Å². The lowest BCUT2D eigenvalue weighted by molar-refractivity contribution is 0.00445. The standard InChI is InChI=1S/C21H28N4O4S/c1-3-29-8-7-22-21-23-13(2)16(5-4-14-6-9-30-12-14)20(25-21)24-17-10-15(11-26)18(27)19(17)28/h6,9,12,15,17-19,26-28H,3,7-8,10-11H2,1-2H3,(H2,22,23,24,25)/t15-,17-,18-,19+/m1/s1. The highest BCUT2D eigenvalue weighted by Crippen LogP contribution is 2.30. The number of rotatable bonds is 8. The van der Waals surface area contributed by atoms with E-state index in [-0.39, 0.29) is 12.5 Å². The molecule has 2 aromatic rings. The van der Waals surface area contributed by atoms with Gasteiger partial charge in [-0.1, -0.05) is 11.8 Å². The van der Waals surface area contributed by atoms with Crippen LogP contribution in [-0.2, 0) is 4.74 Å². The van der Waals surface area contributed by atoms with Crippen LogP contribution < -0.4 is 10.6 Å². The second-order valence-electron chi connectivity index (χ2n) is 7.15. The molecule has 1 saturated carbocycles. The SMILES string of the molecule is CCOCCNc1nc(C)c(C#Cc2ccsc2)c(N[C@@H]2C[C@H](CO)[C@@H](O)[C@H]2O)n1. The summed E-state index contributed by atoms with van der Waals surface area (Å²) in [5.41, 5.74) is 2.23. The lowest BCUT2D eigenvalue weighted by Gasteiger charge is -2.20. The molecule has 0 saturated heterocycles. The van der Waals surface area contributed by atoms with E-state index >= 15 is 0 Å². The molecule has 1 fully saturated rings. The van der Waals surface area contributed by atoms with E-state index in [9.17, 15) is 15.3 Å². The molecular weight excluding hydrogens is 404 g/mol. The summed E-state index contributed by atoms with van der Waals surface area (Å²) in [4.78, 5) is 9.06. The molecule has 0 bridgehead atoms. The molecule has 0 amide bonds. The van der Waals surface area contributed by atoms with Crippen molar-refractivity contribution >= 4 is 23.1 Å². The second-order valence-corrected chi connectivity index (χ2v) is 7.93. The van der Waals surface area contributed by atoms with E-state index in [4.69, 9.17) is 4.74 Å². The van der Waals surface area contributed by atoms with Crippen LogP contribution in [0.15, 0.2) is 16.8 Å². The first-order chi connectivity index (χ1) is 14.5. The number of nitrogens with zero attached hydrogens (tertiary/aromatic N) is 2. The molecule has 0 aromatic carbocycles. The lowest BCUT2D eigenvalue weighted by atomic mass is 10.1. The van der Waals surface area contributed by atoms with Gasteiger partial charge in [-0.25, -0.2) is 4.98 Å². The smallest absolute Gasteiger partial charge is 0.225 e. The van der Waals surface area contributed by atoms with Gasteiger partial charge in [-0.3, -0.25) is 0 Å². The Morgan fingerprint density at radius 1 is 1.27 bits per heavy atom. The first kappa shape index (κ1) is 22.5. The number of hydrogen-bond acceptors (Lipinski definition) is 9. The highest BCUT2D eigenvalue weighted by molar-refractivity contribution is 7.08. The van der Waals surface area contributed by atoms with Gasteiger partial charge in [0.2, 0.25) is 5.95 Å². The van der Waals surface area contributed by atoms with Crippen molar-refractivity contribution in [2.24, 2.45) is 5.92 Å². The molecule has 1 aliphatic carbocycles. The van der Waals surface area contributed by atoms with Crippen LogP contribution in [0.5, 0.6) is 0 Å². The topological polar surface area (TPSA) is 120 Å². The molecule has 1 aliphatic rings. The highest BCUT2D eigenvalue weighted by Gasteiger charge is 2.41. The van der Waals surface area contributed by atoms with Crippen LogP contribution in [-0.4, -0.2) is 69.9 Å². The van der Waals surface area contributed by atoms with Gasteiger partial charge in [0.05, 0.1) is 30.0 Å². The monoisotopic (exact) mass is 432 g/mol. The van der Waals surface area contributed by atoms with Crippen LogP contribution in [0.1, 0.15) is 30.2 Å². The molecule has 2 aromatic heterocycles. The maximum atomic E-state index is 10.4. The van der Waals surface area contributed by atoms with Gasteiger partial charge in [0.1, 0.15) is 11.9 Å². The van der Waals surface area contributed by atoms with Crippen LogP contribution in [0, 0.1) is 24.7 Å². The maximum Gasteiger partial charge on any atom is 0.225 e. The molecule has 0 radical (unpaired) electrons. The molecule has 4 atom stereocenters. The van der Waals surface area contributed by atoms with Gasteiger partial charge in [0.15, 0.2) is 0 Å².